The van der Waals surface area contributed by atoms with E-state index in [1.165, 1.54) is 19.2 Å². The Labute approximate surface area is 193 Å². The highest BCUT2D eigenvalue weighted by Gasteiger charge is 2.23. The summed E-state index contributed by atoms with van der Waals surface area (Å²) in [5.41, 5.74) is 6.49. The summed E-state index contributed by atoms with van der Waals surface area (Å²) in [5, 5.41) is 3.29. The van der Waals surface area contributed by atoms with Gasteiger partial charge in [0.15, 0.2) is 18.1 Å². The lowest BCUT2D eigenvalue weighted by Gasteiger charge is -2.35. The van der Waals surface area contributed by atoms with Crippen LogP contribution in [-0.4, -0.2) is 75.1 Å². The Morgan fingerprint density at radius 3 is 2.47 bits per heavy atom. The molecule has 1 heterocycles. The first-order chi connectivity index (χ1) is 15.4. The van der Waals surface area contributed by atoms with Crippen molar-refractivity contribution in [3.63, 3.8) is 0 Å². The second kappa shape index (κ2) is 11.2. The van der Waals surface area contributed by atoms with E-state index in [1.54, 1.807) is 0 Å². The summed E-state index contributed by atoms with van der Waals surface area (Å²) in [5.74, 6) is -0.505. The lowest BCUT2D eigenvalue weighted by Crippen LogP contribution is -2.47. The van der Waals surface area contributed by atoms with Crippen molar-refractivity contribution in [2.24, 2.45) is 5.73 Å². The van der Waals surface area contributed by atoms with E-state index in [-0.39, 0.29) is 35.1 Å². The molecule has 2 amide bonds. The van der Waals surface area contributed by atoms with Crippen molar-refractivity contribution in [1.82, 2.24) is 15.1 Å². The zero-order valence-corrected chi connectivity index (χ0v) is 19.1. The maximum atomic E-state index is 13.2. The number of nitrogens with one attached hydrogen (secondary N) is 1. The Balaban J connectivity index is 1.79. The van der Waals surface area contributed by atoms with Gasteiger partial charge in [-0.2, -0.15) is 0 Å². The molecule has 8 nitrogen and oxygen atoms in total. The number of hydrogen-bond donors (Lipinski definition) is 2. The molecule has 0 saturated carbocycles. The normalized spacial score (nSPS) is 15.7. The van der Waals surface area contributed by atoms with E-state index in [2.05, 4.69) is 22.2 Å². The third-order valence-electron chi connectivity index (χ3n) is 5.39. The number of hydrogen-bond acceptors (Lipinski definition) is 6. The van der Waals surface area contributed by atoms with Crippen molar-refractivity contribution in [3.05, 3.63) is 58.6 Å². The number of likely N-dealkylation sites (N-methyl/N-ethyl adjacent to an activating group) is 1. The molecule has 1 fully saturated rings. The van der Waals surface area contributed by atoms with Crippen LogP contribution in [0.3, 0.4) is 0 Å². The van der Waals surface area contributed by atoms with Crippen molar-refractivity contribution in [2.75, 3.05) is 53.5 Å². The molecule has 9 heteroatoms. The lowest BCUT2D eigenvalue weighted by molar-refractivity contribution is -0.119. The number of methoxy groups -OCH3 is 1. The molecule has 1 aliphatic rings. The van der Waals surface area contributed by atoms with E-state index in [0.29, 0.717) is 12.1 Å². The minimum atomic E-state index is -0.639. The number of nitrogens with zero attached hydrogens (tertiary/aromatic N) is 2. The van der Waals surface area contributed by atoms with Gasteiger partial charge in [0.1, 0.15) is 0 Å². The van der Waals surface area contributed by atoms with Crippen LogP contribution in [0.15, 0.2) is 42.5 Å². The van der Waals surface area contributed by atoms with Crippen molar-refractivity contribution < 1.29 is 19.1 Å². The number of piperazine rings is 1. The van der Waals surface area contributed by atoms with Gasteiger partial charge in [-0.1, -0.05) is 41.9 Å². The molecule has 0 radical (unpaired) electrons. The maximum absolute atomic E-state index is 13.2. The average molecular weight is 461 g/mol. The minimum Gasteiger partial charge on any atom is -0.493 e. The van der Waals surface area contributed by atoms with Gasteiger partial charge in [-0.15, -0.1) is 0 Å². The number of primary amides is 1. The van der Waals surface area contributed by atoms with Gasteiger partial charge in [0, 0.05) is 38.3 Å². The topological polar surface area (TPSA) is 97.1 Å². The molecular weight excluding hydrogens is 432 g/mol. The van der Waals surface area contributed by atoms with Crippen LogP contribution in [0.2, 0.25) is 5.02 Å². The van der Waals surface area contributed by atoms with Gasteiger partial charge in [0.2, 0.25) is 0 Å². The smallest absolute Gasteiger partial charge is 0.255 e. The molecule has 1 aliphatic heterocycles. The summed E-state index contributed by atoms with van der Waals surface area (Å²) in [4.78, 5) is 28.8. The van der Waals surface area contributed by atoms with Gasteiger partial charge in [-0.3, -0.25) is 14.5 Å². The van der Waals surface area contributed by atoms with Crippen molar-refractivity contribution in [1.29, 1.82) is 0 Å². The maximum Gasteiger partial charge on any atom is 0.255 e. The van der Waals surface area contributed by atoms with Crippen LogP contribution in [0, 0.1) is 0 Å². The van der Waals surface area contributed by atoms with E-state index < -0.39 is 5.91 Å². The summed E-state index contributed by atoms with van der Waals surface area (Å²) in [6.07, 6.45) is 0. The monoisotopic (exact) mass is 460 g/mol. The number of benzene rings is 2. The molecule has 0 aliphatic carbocycles. The zero-order valence-electron chi connectivity index (χ0n) is 18.3. The summed E-state index contributed by atoms with van der Waals surface area (Å²) in [6.45, 7) is 4.24. The predicted molar refractivity (Wildman–Crippen MR) is 123 cm³/mol. The Morgan fingerprint density at radius 1 is 1.16 bits per heavy atom. The molecule has 32 heavy (non-hydrogen) atoms. The van der Waals surface area contributed by atoms with Crippen LogP contribution in [0.4, 0.5) is 0 Å². The van der Waals surface area contributed by atoms with E-state index in [1.807, 2.05) is 30.3 Å². The Morgan fingerprint density at radius 2 is 1.84 bits per heavy atom. The fourth-order valence-electron chi connectivity index (χ4n) is 3.58. The second-order valence-corrected chi connectivity index (χ2v) is 8.19. The number of halogens is 1. The van der Waals surface area contributed by atoms with Crippen LogP contribution in [0.25, 0.3) is 0 Å². The Hall–Kier alpha value is -2.81. The number of amides is 2. The van der Waals surface area contributed by atoms with Gasteiger partial charge >= 0.3 is 0 Å². The standard InChI is InChI=1S/C23H29ClN4O4/c1-27-8-10-28(11-9-27)14-19(16-6-4-3-5-7-16)26-23(30)17-12-18(24)22(20(13-17)31-2)32-15-21(25)29/h3-7,12-13,19H,8-11,14-15H2,1-2H3,(H2,25,29)(H,26,30). The molecular formula is C23H29ClN4O4. The quantitative estimate of drug-likeness (QED) is 0.593. The van der Waals surface area contributed by atoms with Gasteiger partial charge in [-0.05, 0) is 24.7 Å². The number of carbonyl (C=O) groups excluding carboxylic acids is 2. The Bertz CT molecular complexity index is 933. The first-order valence-corrected chi connectivity index (χ1v) is 10.8. The van der Waals surface area contributed by atoms with Crippen LogP contribution in [-0.2, 0) is 4.79 Å². The van der Waals surface area contributed by atoms with Crippen LogP contribution >= 0.6 is 11.6 Å². The fraction of sp³-hybridized carbons (Fsp3) is 0.391. The number of rotatable bonds is 9. The van der Waals surface area contributed by atoms with Crippen LogP contribution in [0.5, 0.6) is 11.5 Å². The SMILES string of the molecule is COc1cc(C(=O)NC(CN2CCN(C)CC2)c2ccccc2)cc(Cl)c1OCC(N)=O. The van der Waals surface area contributed by atoms with Crippen molar-refractivity contribution >= 4 is 23.4 Å². The van der Waals surface area contributed by atoms with E-state index in [4.69, 9.17) is 26.8 Å². The van der Waals surface area contributed by atoms with Gasteiger partial charge in [0.25, 0.3) is 11.8 Å². The molecule has 0 aromatic heterocycles. The predicted octanol–water partition coefficient (Wildman–Crippen LogP) is 1.93. The van der Waals surface area contributed by atoms with Gasteiger partial charge in [-0.25, -0.2) is 0 Å². The third-order valence-corrected chi connectivity index (χ3v) is 5.68. The second-order valence-electron chi connectivity index (χ2n) is 7.79. The van der Waals surface area contributed by atoms with Crippen molar-refractivity contribution in [3.8, 4) is 11.5 Å². The molecule has 2 aromatic rings. The summed E-state index contributed by atoms with van der Waals surface area (Å²) in [6, 6.07) is 12.7. The highest BCUT2D eigenvalue weighted by Crippen LogP contribution is 2.36. The highest BCUT2D eigenvalue weighted by molar-refractivity contribution is 6.32. The first kappa shape index (κ1) is 23.8. The zero-order chi connectivity index (χ0) is 23.1. The summed E-state index contributed by atoms with van der Waals surface area (Å²) >= 11 is 6.31. The number of ether oxygens (including phenoxy) is 2. The van der Waals surface area contributed by atoms with Crippen LogP contribution in [0.1, 0.15) is 22.0 Å². The molecule has 1 unspecified atom stereocenters. The van der Waals surface area contributed by atoms with Gasteiger partial charge in [0.05, 0.1) is 18.2 Å². The molecule has 0 bridgehead atoms. The Kier molecular flexibility index (Phi) is 8.33. The molecule has 3 N–H and O–H groups in total. The fourth-order valence-corrected chi connectivity index (χ4v) is 3.85. The molecule has 2 aromatic carbocycles. The molecule has 172 valence electrons. The van der Waals surface area contributed by atoms with Gasteiger partial charge < -0.3 is 25.4 Å². The summed E-state index contributed by atoms with van der Waals surface area (Å²) in [7, 11) is 3.55. The molecule has 1 saturated heterocycles. The largest absolute Gasteiger partial charge is 0.493 e. The number of nitrogens with two attached hydrogens (primary N) is 1. The van der Waals surface area contributed by atoms with E-state index in [9.17, 15) is 9.59 Å². The molecule has 0 spiro atoms. The average Bonchev–Trinajstić information content (AvgIpc) is 2.79. The van der Waals surface area contributed by atoms with E-state index >= 15 is 0 Å². The lowest BCUT2D eigenvalue weighted by atomic mass is 10.0. The molecule has 1 atom stereocenters. The molecule has 3 rings (SSSR count). The minimum absolute atomic E-state index is 0.158. The first-order valence-electron chi connectivity index (χ1n) is 10.4. The number of carbonyl (C=O) groups is 2. The third kappa shape index (κ3) is 6.35. The highest BCUT2D eigenvalue weighted by atomic mass is 35.5. The van der Waals surface area contributed by atoms with Crippen molar-refractivity contribution in [2.45, 2.75) is 6.04 Å². The summed E-state index contributed by atoms with van der Waals surface area (Å²) < 4.78 is 10.7. The van der Waals surface area contributed by atoms with E-state index in [0.717, 1.165) is 31.7 Å². The van der Waals surface area contributed by atoms with Crippen LogP contribution < -0.4 is 20.5 Å².